The fourth-order valence-corrected chi connectivity index (χ4v) is 2.18. The number of hydrogen-bond acceptors (Lipinski definition) is 3. The number of fused-ring (bicyclic) bond motifs is 3. The summed E-state index contributed by atoms with van der Waals surface area (Å²) in [7, 11) is 0. The Morgan fingerprint density at radius 3 is 2.19 bits per heavy atom. The van der Waals surface area contributed by atoms with Crippen LogP contribution >= 0.6 is 15.9 Å². The Hall–Kier alpha value is -1.85. The standard InChI is InChI=1S/C9H10BrNO2.C7H6O/c10-5-9(13)7-1-3-8(4-2-7)11-6-12;1-3-7-4-2-6(1)5-8-7/h1-4,6,9,13H,5H2,(H,11,12);1-4H,5H2/t9-;/m0./s1. The lowest BCUT2D eigenvalue weighted by Crippen LogP contribution is -2.00. The summed E-state index contributed by atoms with van der Waals surface area (Å²) in [5.74, 6) is 0.986. The van der Waals surface area contributed by atoms with Gasteiger partial charge in [0.25, 0.3) is 0 Å². The lowest BCUT2D eigenvalue weighted by molar-refractivity contribution is -0.105. The van der Waals surface area contributed by atoms with Crippen molar-refractivity contribution in [1.29, 1.82) is 0 Å². The molecule has 0 aromatic heterocycles. The minimum atomic E-state index is -0.495. The Labute approximate surface area is 131 Å². The predicted molar refractivity (Wildman–Crippen MR) is 85.7 cm³/mol. The fourth-order valence-electron chi connectivity index (χ4n) is 1.81. The van der Waals surface area contributed by atoms with E-state index in [2.05, 4.69) is 33.4 Å². The molecule has 110 valence electrons. The van der Waals surface area contributed by atoms with Crippen LogP contribution in [0.5, 0.6) is 5.75 Å². The number of benzene rings is 2. The average molecular weight is 350 g/mol. The molecule has 2 aromatic carbocycles. The summed E-state index contributed by atoms with van der Waals surface area (Å²) in [6.45, 7) is 0.766. The molecule has 4 rings (SSSR count). The normalized spacial score (nSPS) is 12.7. The van der Waals surface area contributed by atoms with Crippen LogP contribution < -0.4 is 10.1 Å². The molecule has 21 heavy (non-hydrogen) atoms. The highest BCUT2D eigenvalue weighted by molar-refractivity contribution is 9.09. The zero-order valence-corrected chi connectivity index (χ0v) is 12.9. The van der Waals surface area contributed by atoms with E-state index in [1.54, 1.807) is 24.3 Å². The topological polar surface area (TPSA) is 58.6 Å². The van der Waals surface area contributed by atoms with Crippen molar-refractivity contribution in [3.63, 3.8) is 0 Å². The molecule has 2 aromatic rings. The van der Waals surface area contributed by atoms with Gasteiger partial charge in [0, 0.05) is 11.0 Å². The van der Waals surface area contributed by atoms with Gasteiger partial charge in [-0.3, -0.25) is 4.79 Å². The van der Waals surface area contributed by atoms with Crippen LogP contribution in [0, 0.1) is 0 Å². The van der Waals surface area contributed by atoms with Crippen molar-refractivity contribution in [3.05, 3.63) is 59.7 Å². The van der Waals surface area contributed by atoms with Gasteiger partial charge in [-0.2, -0.15) is 0 Å². The van der Waals surface area contributed by atoms with Gasteiger partial charge in [-0.15, -0.1) is 0 Å². The first-order valence-electron chi connectivity index (χ1n) is 6.49. The monoisotopic (exact) mass is 349 g/mol. The molecule has 2 N–H and O–H groups in total. The Morgan fingerprint density at radius 2 is 1.86 bits per heavy atom. The molecule has 2 aliphatic heterocycles. The molecule has 0 fully saturated rings. The molecule has 0 spiro atoms. The number of carbonyl (C=O) groups excluding carboxylic acids is 1. The SMILES string of the molecule is O=CNc1ccc([C@@H](O)CBr)cc1.c1cc2ccc1CO2. The Balaban J connectivity index is 0.000000170. The molecular weight excluding hydrogens is 334 g/mol. The van der Waals surface area contributed by atoms with Crippen molar-refractivity contribution >= 4 is 28.0 Å². The minimum Gasteiger partial charge on any atom is -0.489 e. The molecule has 0 unspecified atom stereocenters. The number of aliphatic hydroxyl groups is 1. The molecule has 0 aliphatic carbocycles. The summed E-state index contributed by atoms with van der Waals surface area (Å²) < 4.78 is 5.18. The van der Waals surface area contributed by atoms with E-state index < -0.39 is 6.10 Å². The first-order chi connectivity index (χ1) is 10.2. The molecular formula is C16H16BrNO3. The second-order valence-corrected chi connectivity index (χ2v) is 5.13. The Morgan fingerprint density at radius 1 is 1.19 bits per heavy atom. The zero-order valence-electron chi connectivity index (χ0n) is 11.3. The Kier molecular flexibility index (Phi) is 5.78. The van der Waals surface area contributed by atoms with Gasteiger partial charge in [0.1, 0.15) is 12.4 Å². The van der Waals surface area contributed by atoms with E-state index in [1.165, 1.54) is 5.56 Å². The van der Waals surface area contributed by atoms with Gasteiger partial charge in [0.15, 0.2) is 0 Å². The summed E-state index contributed by atoms with van der Waals surface area (Å²) in [6, 6.07) is 15.2. The maximum absolute atomic E-state index is 10.1. The number of rotatable bonds is 4. The highest BCUT2D eigenvalue weighted by Gasteiger charge is 2.04. The van der Waals surface area contributed by atoms with Crippen LogP contribution in [-0.4, -0.2) is 16.8 Å². The van der Waals surface area contributed by atoms with Gasteiger partial charge >= 0.3 is 0 Å². The zero-order chi connectivity index (χ0) is 15.1. The van der Waals surface area contributed by atoms with E-state index in [0.29, 0.717) is 11.7 Å². The molecule has 1 atom stereocenters. The predicted octanol–water partition coefficient (Wildman–Crippen LogP) is 3.26. The van der Waals surface area contributed by atoms with Crippen molar-refractivity contribution in [2.45, 2.75) is 12.7 Å². The number of halogens is 1. The molecule has 0 radical (unpaired) electrons. The number of carbonyl (C=O) groups is 1. The van der Waals surface area contributed by atoms with E-state index in [1.807, 2.05) is 12.1 Å². The third-order valence-corrected chi connectivity index (χ3v) is 3.61. The van der Waals surface area contributed by atoms with Crippen LogP contribution in [0.15, 0.2) is 48.5 Å². The second-order valence-electron chi connectivity index (χ2n) is 4.49. The molecule has 4 nitrogen and oxygen atoms in total. The molecule has 2 heterocycles. The summed E-state index contributed by atoms with van der Waals surface area (Å²) in [5, 5.41) is 12.4. The summed E-state index contributed by atoms with van der Waals surface area (Å²) >= 11 is 3.18. The smallest absolute Gasteiger partial charge is 0.211 e. The van der Waals surface area contributed by atoms with Crippen molar-refractivity contribution in [2.24, 2.45) is 0 Å². The van der Waals surface area contributed by atoms with Crippen LogP contribution in [0.3, 0.4) is 0 Å². The summed E-state index contributed by atoms with van der Waals surface area (Å²) in [6.07, 6.45) is 0.126. The molecule has 0 saturated heterocycles. The first kappa shape index (κ1) is 15.5. The van der Waals surface area contributed by atoms with Crippen LogP contribution in [0.25, 0.3) is 0 Å². The lowest BCUT2D eigenvalue weighted by Gasteiger charge is -2.11. The molecule has 5 heteroatoms. The van der Waals surface area contributed by atoms with E-state index in [9.17, 15) is 9.90 Å². The number of aliphatic hydroxyl groups excluding tert-OH is 1. The maximum atomic E-state index is 10.1. The van der Waals surface area contributed by atoms with Crippen LogP contribution in [0.1, 0.15) is 17.2 Å². The first-order valence-corrected chi connectivity index (χ1v) is 7.61. The molecule has 2 bridgehead atoms. The number of hydrogen-bond donors (Lipinski definition) is 2. The highest BCUT2D eigenvalue weighted by atomic mass is 79.9. The van der Waals surface area contributed by atoms with Crippen molar-refractivity contribution in [2.75, 3.05) is 10.6 Å². The molecule has 2 aliphatic rings. The fraction of sp³-hybridized carbons (Fsp3) is 0.188. The van der Waals surface area contributed by atoms with Gasteiger partial charge in [-0.05, 0) is 35.4 Å². The van der Waals surface area contributed by atoms with Crippen LogP contribution in [0.2, 0.25) is 0 Å². The number of ether oxygens (including phenoxy) is 1. The number of anilines is 1. The molecule has 1 amide bonds. The lowest BCUT2D eigenvalue weighted by atomic mass is 10.1. The largest absolute Gasteiger partial charge is 0.489 e. The van der Waals surface area contributed by atoms with Gasteiger partial charge in [-0.25, -0.2) is 0 Å². The van der Waals surface area contributed by atoms with Crippen LogP contribution in [0.4, 0.5) is 5.69 Å². The van der Waals surface area contributed by atoms with Gasteiger partial charge < -0.3 is 15.2 Å². The number of alkyl halides is 1. The third-order valence-electron chi connectivity index (χ3n) is 3.00. The van der Waals surface area contributed by atoms with Crippen LogP contribution in [-0.2, 0) is 11.4 Å². The summed E-state index contributed by atoms with van der Waals surface area (Å²) in [5.41, 5.74) is 2.81. The maximum Gasteiger partial charge on any atom is 0.211 e. The van der Waals surface area contributed by atoms with Gasteiger partial charge in [0.2, 0.25) is 6.41 Å². The summed E-state index contributed by atoms with van der Waals surface area (Å²) in [4.78, 5) is 10.1. The molecule has 0 saturated carbocycles. The van der Waals surface area contributed by atoms with Crippen molar-refractivity contribution in [1.82, 2.24) is 0 Å². The van der Waals surface area contributed by atoms with E-state index in [-0.39, 0.29) is 0 Å². The van der Waals surface area contributed by atoms with Crippen molar-refractivity contribution in [3.8, 4) is 5.75 Å². The average Bonchev–Trinajstić information content (AvgIpc) is 2.57. The van der Waals surface area contributed by atoms with Gasteiger partial charge in [0.05, 0.1) is 6.10 Å². The van der Waals surface area contributed by atoms with E-state index in [0.717, 1.165) is 23.6 Å². The second kappa shape index (κ2) is 7.81. The van der Waals surface area contributed by atoms with E-state index >= 15 is 0 Å². The highest BCUT2D eigenvalue weighted by Crippen LogP contribution is 2.19. The third kappa shape index (κ3) is 4.58. The van der Waals surface area contributed by atoms with E-state index in [4.69, 9.17) is 4.74 Å². The van der Waals surface area contributed by atoms with Crippen molar-refractivity contribution < 1.29 is 14.6 Å². The number of amides is 1. The quantitative estimate of drug-likeness (QED) is 0.657. The van der Waals surface area contributed by atoms with Gasteiger partial charge in [-0.1, -0.05) is 40.2 Å². The minimum absolute atomic E-state index is 0.495. The number of nitrogens with one attached hydrogen (secondary N) is 1. The Bertz CT molecular complexity index is 546.